The predicted octanol–water partition coefficient (Wildman–Crippen LogP) is 3.99. The Balaban J connectivity index is 1.67. The summed E-state index contributed by atoms with van der Waals surface area (Å²) in [6, 6.07) is 12.2. The van der Waals surface area contributed by atoms with Gasteiger partial charge in [-0.15, -0.1) is 0 Å². The number of nitrogens with one attached hydrogen (secondary N) is 1. The van der Waals surface area contributed by atoms with E-state index >= 15 is 0 Å². The minimum Gasteiger partial charge on any atom is -0.307 e. The summed E-state index contributed by atoms with van der Waals surface area (Å²) < 4.78 is 0. The van der Waals surface area contributed by atoms with Gasteiger partial charge in [0.15, 0.2) is 0 Å². The summed E-state index contributed by atoms with van der Waals surface area (Å²) in [5, 5.41) is 3.76. The van der Waals surface area contributed by atoms with Gasteiger partial charge in [-0.25, -0.2) is 0 Å². The Hall–Kier alpha value is -0.860. The van der Waals surface area contributed by atoms with Gasteiger partial charge >= 0.3 is 0 Å². The molecule has 3 rings (SSSR count). The molecule has 2 nitrogen and oxygen atoms in total. The predicted molar refractivity (Wildman–Crippen MR) is 89.4 cm³/mol. The number of rotatable bonds is 6. The number of benzene rings is 1. The summed E-state index contributed by atoms with van der Waals surface area (Å²) in [5.74, 6) is 0. The van der Waals surface area contributed by atoms with E-state index in [0.717, 1.165) is 12.6 Å². The number of piperazine rings is 1. The van der Waals surface area contributed by atoms with E-state index in [1.807, 2.05) is 0 Å². The first-order chi connectivity index (χ1) is 10.3. The largest absolute Gasteiger partial charge is 0.307 e. The van der Waals surface area contributed by atoms with Gasteiger partial charge < -0.3 is 5.32 Å². The molecule has 2 aliphatic rings. The number of hydrogen-bond acceptors (Lipinski definition) is 2. The molecule has 1 saturated carbocycles. The van der Waals surface area contributed by atoms with Crippen molar-refractivity contribution < 1.29 is 0 Å². The van der Waals surface area contributed by atoms with Crippen LogP contribution in [-0.2, 0) is 0 Å². The van der Waals surface area contributed by atoms with Crippen LogP contribution in [0, 0.1) is 5.41 Å². The van der Waals surface area contributed by atoms with Gasteiger partial charge in [-0.3, -0.25) is 4.90 Å². The zero-order chi connectivity index (χ0) is 14.7. The maximum absolute atomic E-state index is 3.76. The van der Waals surface area contributed by atoms with Crippen molar-refractivity contribution in [3.63, 3.8) is 0 Å². The molecule has 0 spiro atoms. The van der Waals surface area contributed by atoms with Crippen LogP contribution in [0.25, 0.3) is 0 Å². The quantitative estimate of drug-likeness (QED) is 0.850. The van der Waals surface area contributed by atoms with E-state index in [0.29, 0.717) is 11.5 Å². The highest BCUT2D eigenvalue weighted by atomic mass is 15.2. The number of hydrogen-bond donors (Lipinski definition) is 1. The van der Waals surface area contributed by atoms with Crippen molar-refractivity contribution in [2.45, 2.75) is 58.0 Å². The highest BCUT2D eigenvalue weighted by Gasteiger charge is 2.44. The summed E-state index contributed by atoms with van der Waals surface area (Å²) in [6.45, 7) is 8.31. The van der Waals surface area contributed by atoms with Gasteiger partial charge in [0.2, 0.25) is 0 Å². The van der Waals surface area contributed by atoms with Gasteiger partial charge in [0.1, 0.15) is 0 Å². The molecule has 2 atom stereocenters. The van der Waals surface area contributed by atoms with Gasteiger partial charge in [0.05, 0.1) is 0 Å². The molecule has 2 fully saturated rings. The number of nitrogens with zero attached hydrogens (tertiary/aromatic N) is 1. The molecule has 1 aromatic rings. The molecular formula is C19H30N2. The lowest BCUT2D eigenvalue weighted by Gasteiger charge is -2.42. The molecule has 1 saturated heterocycles. The normalized spacial score (nSPS) is 28.5. The van der Waals surface area contributed by atoms with E-state index in [1.165, 1.54) is 50.8 Å². The van der Waals surface area contributed by atoms with Gasteiger partial charge in [0, 0.05) is 31.7 Å². The Labute approximate surface area is 129 Å². The molecule has 0 amide bonds. The third-order valence-corrected chi connectivity index (χ3v) is 5.48. The lowest BCUT2D eigenvalue weighted by molar-refractivity contribution is 0.0979. The smallest absolute Gasteiger partial charge is 0.0449 e. The van der Waals surface area contributed by atoms with E-state index in [1.54, 1.807) is 0 Å². The second kappa shape index (κ2) is 6.50. The van der Waals surface area contributed by atoms with Gasteiger partial charge in [-0.1, -0.05) is 50.6 Å². The lowest BCUT2D eigenvalue weighted by atomic mass is 9.95. The van der Waals surface area contributed by atoms with Crippen LogP contribution in [0.2, 0.25) is 0 Å². The second-order valence-corrected chi connectivity index (χ2v) is 7.11. The summed E-state index contributed by atoms with van der Waals surface area (Å²) in [6.07, 6.45) is 6.93. The lowest BCUT2D eigenvalue weighted by Crippen LogP contribution is -2.53. The van der Waals surface area contributed by atoms with E-state index in [9.17, 15) is 0 Å². The van der Waals surface area contributed by atoms with Crippen molar-refractivity contribution in [3.05, 3.63) is 35.9 Å². The molecule has 116 valence electrons. The molecule has 1 aliphatic carbocycles. The van der Waals surface area contributed by atoms with Crippen LogP contribution in [0.4, 0.5) is 0 Å². The fraction of sp³-hybridized carbons (Fsp3) is 0.684. The molecule has 2 heteroatoms. The zero-order valence-corrected chi connectivity index (χ0v) is 13.6. The van der Waals surface area contributed by atoms with Crippen molar-refractivity contribution >= 4 is 0 Å². The van der Waals surface area contributed by atoms with Crippen molar-refractivity contribution in [3.8, 4) is 0 Å². The molecule has 1 aromatic carbocycles. The monoisotopic (exact) mass is 286 g/mol. The maximum atomic E-state index is 3.76. The molecule has 2 unspecified atom stereocenters. The second-order valence-electron chi connectivity index (χ2n) is 7.11. The average Bonchev–Trinajstić information content (AvgIpc) is 3.28. The highest BCUT2D eigenvalue weighted by molar-refractivity contribution is 5.20. The van der Waals surface area contributed by atoms with Crippen molar-refractivity contribution in [1.29, 1.82) is 0 Å². The van der Waals surface area contributed by atoms with Gasteiger partial charge in [-0.05, 0) is 36.7 Å². The van der Waals surface area contributed by atoms with E-state index in [-0.39, 0.29) is 0 Å². The first-order valence-corrected chi connectivity index (χ1v) is 8.79. The van der Waals surface area contributed by atoms with Gasteiger partial charge in [0.25, 0.3) is 0 Å². The van der Waals surface area contributed by atoms with Crippen molar-refractivity contribution in [2.24, 2.45) is 5.41 Å². The third-order valence-electron chi connectivity index (χ3n) is 5.48. The van der Waals surface area contributed by atoms with E-state index in [4.69, 9.17) is 0 Å². The van der Waals surface area contributed by atoms with Crippen molar-refractivity contribution in [1.82, 2.24) is 10.2 Å². The summed E-state index contributed by atoms with van der Waals surface area (Å²) >= 11 is 0. The van der Waals surface area contributed by atoms with E-state index < -0.39 is 0 Å². The molecule has 1 aliphatic heterocycles. The first kappa shape index (κ1) is 15.1. The highest BCUT2D eigenvalue weighted by Crippen LogP contribution is 2.50. The molecule has 0 radical (unpaired) electrons. The van der Waals surface area contributed by atoms with E-state index in [2.05, 4.69) is 54.4 Å². The van der Waals surface area contributed by atoms with Crippen LogP contribution < -0.4 is 5.32 Å². The summed E-state index contributed by atoms with van der Waals surface area (Å²) in [5.41, 5.74) is 2.11. The minimum absolute atomic E-state index is 0.506. The summed E-state index contributed by atoms with van der Waals surface area (Å²) in [7, 11) is 0. The topological polar surface area (TPSA) is 15.3 Å². The van der Waals surface area contributed by atoms with Gasteiger partial charge in [-0.2, -0.15) is 0 Å². The Kier molecular flexibility index (Phi) is 4.66. The first-order valence-electron chi connectivity index (χ1n) is 8.79. The Morgan fingerprint density at radius 2 is 1.95 bits per heavy atom. The molecule has 0 aromatic heterocycles. The fourth-order valence-electron chi connectivity index (χ4n) is 3.99. The van der Waals surface area contributed by atoms with Crippen LogP contribution in [0.3, 0.4) is 0 Å². The standard InChI is InChI=1S/C19H30N2/c1-3-10-19(11-12-19)15-21-14-18(20-13-17(21)4-2)16-8-6-5-7-9-16/h5-9,17-18,20H,3-4,10-15H2,1-2H3. The van der Waals surface area contributed by atoms with Crippen LogP contribution in [-0.4, -0.2) is 30.6 Å². The Morgan fingerprint density at radius 1 is 1.19 bits per heavy atom. The van der Waals surface area contributed by atoms with Crippen LogP contribution in [0.15, 0.2) is 30.3 Å². The SMILES string of the molecule is CCCC1(CN2CC(c3ccccc3)NCC2CC)CC1. The zero-order valence-electron chi connectivity index (χ0n) is 13.6. The molecule has 1 N–H and O–H groups in total. The van der Waals surface area contributed by atoms with Crippen LogP contribution >= 0.6 is 0 Å². The molecular weight excluding hydrogens is 256 g/mol. The Morgan fingerprint density at radius 3 is 2.57 bits per heavy atom. The molecule has 0 bridgehead atoms. The van der Waals surface area contributed by atoms with Crippen LogP contribution in [0.5, 0.6) is 0 Å². The molecule has 21 heavy (non-hydrogen) atoms. The third kappa shape index (κ3) is 3.49. The van der Waals surface area contributed by atoms with Crippen molar-refractivity contribution in [2.75, 3.05) is 19.6 Å². The fourth-order valence-corrected chi connectivity index (χ4v) is 3.99. The minimum atomic E-state index is 0.506. The molecule has 1 heterocycles. The summed E-state index contributed by atoms with van der Waals surface area (Å²) in [4.78, 5) is 2.79. The average molecular weight is 286 g/mol. The Bertz CT molecular complexity index is 438. The maximum Gasteiger partial charge on any atom is 0.0449 e. The van der Waals surface area contributed by atoms with Crippen LogP contribution in [0.1, 0.15) is 57.6 Å².